The zero-order valence-electron chi connectivity index (χ0n) is 11.3. The number of carbonyl (C=O) groups excluding carboxylic acids is 2. The molecule has 1 fully saturated rings. The van der Waals surface area contributed by atoms with Gasteiger partial charge in [0, 0.05) is 26.7 Å². The Morgan fingerprint density at radius 1 is 1.28 bits per heavy atom. The molecule has 0 aromatic rings. The van der Waals surface area contributed by atoms with Gasteiger partial charge in [0.15, 0.2) is 0 Å². The maximum Gasteiger partial charge on any atom is 0.242 e. The van der Waals surface area contributed by atoms with Crippen LogP contribution >= 0.6 is 11.8 Å². The minimum atomic E-state index is -0.128. The number of imide groups is 1. The third-order valence-electron chi connectivity index (χ3n) is 3.08. The van der Waals surface area contributed by atoms with Gasteiger partial charge in [-0.15, -0.1) is 11.8 Å². The molecule has 1 saturated heterocycles. The molecule has 0 radical (unpaired) electrons. The van der Waals surface area contributed by atoms with E-state index in [9.17, 15) is 9.59 Å². The Labute approximate surface area is 113 Å². The summed E-state index contributed by atoms with van der Waals surface area (Å²) in [5.41, 5.74) is 0. The van der Waals surface area contributed by atoms with Gasteiger partial charge in [0.05, 0.1) is 5.25 Å². The molecule has 2 amide bonds. The van der Waals surface area contributed by atoms with Gasteiger partial charge in [-0.25, -0.2) is 0 Å². The molecule has 1 rings (SSSR count). The van der Waals surface area contributed by atoms with Crippen LogP contribution in [0.4, 0.5) is 0 Å². The Morgan fingerprint density at radius 2 is 2.00 bits per heavy atom. The van der Waals surface area contributed by atoms with Crippen LogP contribution in [-0.2, 0) is 14.3 Å². The summed E-state index contributed by atoms with van der Waals surface area (Å²) in [5.74, 6) is 0.959. The molecule has 0 aromatic carbocycles. The lowest BCUT2D eigenvalue weighted by molar-refractivity contribution is -0.137. The van der Waals surface area contributed by atoms with Crippen LogP contribution in [0, 0.1) is 0 Å². The summed E-state index contributed by atoms with van der Waals surface area (Å²) in [6.45, 7) is 3.18. The SMILES string of the molecule is CCN1C(=O)CC(SCCCCCCOC)C1=O. The molecular formula is C13H23NO3S. The number of amides is 2. The van der Waals surface area contributed by atoms with Crippen molar-refractivity contribution in [2.75, 3.05) is 26.0 Å². The fraction of sp³-hybridized carbons (Fsp3) is 0.846. The Kier molecular flexibility index (Phi) is 7.35. The monoisotopic (exact) mass is 273 g/mol. The summed E-state index contributed by atoms with van der Waals surface area (Å²) < 4.78 is 4.99. The van der Waals surface area contributed by atoms with Crippen molar-refractivity contribution in [3.8, 4) is 0 Å². The average molecular weight is 273 g/mol. The number of hydrogen-bond acceptors (Lipinski definition) is 4. The number of methoxy groups -OCH3 is 1. The zero-order valence-corrected chi connectivity index (χ0v) is 12.1. The van der Waals surface area contributed by atoms with Crippen molar-refractivity contribution in [1.29, 1.82) is 0 Å². The van der Waals surface area contributed by atoms with Gasteiger partial charge in [0.2, 0.25) is 11.8 Å². The average Bonchev–Trinajstić information content (AvgIpc) is 2.63. The quantitative estimate of drug-likeness (QED) is 0.476. The maximum absolute atomic E-state index is 11.8. The number of nitrogens with zero attached hydrogens (tertiary/aromatic N) is 1. The van der Waals surface area contributed by atoms with Crippen LogP contribution in [0.5, 0.6) is 0 Å². The highest BCUT2D eigenvalue weighted by Crippen LogP contribution is 2.25. The van der Waals surface area contributed by atoms with Gasteiger partial charge in [-0.3, -0.25) is 14.5 Å². The second-order valence-corrected chi connectivity index (χ2v) is 5.76. The van der Waals surface area contributed by atoms with Crippen molar-refractivity contribution in [1.82, 2.24) is 4.90 Å². The first-order valence-corrected chi connectivity index (χ1v) is 7.70. The molecule has 1 heterocycles. The van der Waals surface area contributed by atoms with E-state index < -0.39 is 0 Å². The largest absolute Gasteiger partial charge is 0.385 e. The van der Waals surface area contributed by atoms with Gasteiger partial charge in [-0.1, -0.05) is 12.8 Å². The number of rotatable bonds is 9. The Bertz CT molecular complexity index is 283. The lowest BCUT2D eigenvalue weighted by Gasteiger charge is -2.11. The standard InChI is InChI=1S/C13H23NO3S/c1-3-14-12(15)10-11(13(14)16)18-9-7-5-4-6-8-17-2/h11H,3-10H2,1-2H3. The van der Waals surface area contributed by atoms with Gasteiger partial charge in [-0.2, -0.15) is 0 Å². The molecule has 0 N–H and O–H groups in total. The topological polar surface area (TPSA) is 46.6 Å². The molecule has 0 bridgehead atoms. The normalized spacial score (nSPS) is 19.9. The van der Waals surface area contributed by atoms with Gasteiger partial charge in [0.1, 0.15) is 0 Å². The van der Waals surface area contributed by atoms with Gasteiger partial charge < -0.3 is 4.74 Å². The van der Waals surface area contributed by atoms with Crippen molar-refractivity contribution in [2.45, 2.75) is 44.3 Å². The van der Waals surface area contributed by atoms with E-state index in [1.54, 1.807) is 18.9 Å². The van der Waals surface area contributed by atoms with Crippen molar-refractivity contribution in [2.24, 2.45) is 0 Å². The molecule has 104 valence electrons. The molecule has 18 heavy (non-hydrogen) atoms. The summed E-state index contributed by atoms with van der Waals surface area (Å²) in [6.07, 6.45) is 4.95. The minimum absolute atomic E-state index is 0.00637. The predicted molar refractivity (Wildman–Crippen MR) is 73.6 cm³/mol. The van der Waals surface area contributed by atoms with Crippen molar-refractivity contribution in [3.05, 3.63) is 0 Å². The second kappa shape index (κ2) is 8.53. The van der Waals surface area contributed by atoms with Gasteiger partial charge in [-0.05, 0) is 25.5 Å². The van der Waals surface area contributed by atoms with E-state index >= 15 is 0 Å². The van der Waals surface area contributed by atoms with E-state index in [1.807, 2.05) is 6.92 Å². The van der Waals surface area contributed by atoms with E-state index in [1.165, 1.54) is 17.7 Å². The predicted octanol–water partition coefficient (Wildman–Crippen LogP) is 2.07. The summed E-state index contributed by atoms with van der Waals surface area (Å²) in [5, 5.41) is -0.128. The highest BCUT2D eigenvalue weighted by molar-refractivity contribution is 8.00. The molecule has 0 spiro atoms. The van der Waals surface area contributed by atoms with Crippen molar-refractivity contribution in [3.63, 3.8) is 0 Å². The second-order valence-electron chi connectivity index (χ2n) is 4.45. The number of unbranched alkanes of at least 4 members (excludes halogenated alkanes) is 3. The summed E-state index contributed by atoms with van der Waals surface area (Å²) in [6, 6.07) is 0. The summed E-state index contributed by atoms with van der Waals surface area (Å²) >= 11 is 1.64. The molecule has 1 aliphatic heterocycles. The van der Waals surface area contributed by atoms with Gasteiger partial charge >= 0.3 is 0 Å². The zero-order chi connectivity index (χ0) is 13.4. The number of hydrogen-bond donors (Lipinski definition) is 0. The lowest BCUT2D eigenvalue weighted by Crippen LogP contribution is -2.30. The maximum atomic E-state index is 11.8. The van der Waals surface area contributed by atoms with E-state index in [0.29, 0.717) is 13.0 Å². The molecule has 4 nitrogen and oxygen atoms in total. The van der Waals surface area contributed by atoms with E-state index in [-0.39, 0.29) is 17.1 Å². The molecule has 0 aliphatic carbocycles. The first kappa shape index (κ1) is 15.5. The van der Waals surface area contributed by atoms with E-state index in [4.69, 9.17) is 4.74 Å². The third kappa shape index (κ3) is 4.61. The van der Waals surface area contributed by atoms with Crippen LogP contribution < -0.4 is 0 Å². The number of likely N-dealkylation sites (tertiary alicyclic amines) is 1. The number of carbonyl (C=O) groups is 2. The molecule has 0 aromatic heterocycles. The Hall–Kier alpha value is -0.550. The fourth-order valence-electron chi connectivity index (χ4n) is 2.04. The third-order valence-corrected chi connectivity index (χ3v) is 4.38. The summed E-state index contributed by atoms with van der Waals surface area (Å²) in [7, 11) is 1.72. The van der Waals surface area contributed by atoms with Crippen molar-refractivity contribution >= 4 is 23.6 Å². The first-order chi connectivity index (χ1) is 8.70. The minimum Gasteiger partial charge on any atom is -0.385 e. The van der Waals surface area contributed by atoms with E-state index in [2.05, 4.69) is 0 Å². The Balaban J connectivity index is 2.10. The molecule has 5 heteroatoms. The smallest absolute Gasteiger partial charge is 0.242 e. The van der Waals surface area contributed by atoms with Crippen LogP contribution in [0.2, 0.25) is 0 Å². The fourth-order valence-corrected chi connectivity index (χ4v) is 3.23. The molecule has 1 aliphatic rings. The van der Waals surface area contributed by atoms with Crippen LogP contribution in [0.15, 0.2) is 0 Å². The first-order valence-electron chi connectivity index (χ1n) is 6.65. The number of ether oxygens (including phenoxy) is 1. The highest BCUT2D eigenvalue weighted by Gasteiger charge is 2.37. The lowest BCUT2D eigenvalue weighted by atomic mass is 10.2. The van der Waals surface area contributed by atoms with E-state index in [0.717, 1.165) is 25.2 Å². The van der Waals surface area contributed by atoms with Crippen LogP contribution in [0.25, 0.3) is 0 Å². The van der Waals surface area contributed by atoms with Crippen LogP contribution in [0.1, 0.15) is 39.0 Å². The van der Waals surface area contributed by atoms with Gasteiger partial charge in [0.25, 0.3) is 0 Å². The molecule has 0 saturated carbocycles. The molecular weight excluding hydrogens is 250 g/mol. The van der Waals surface area contributed by atoms with Crippen LogP contribution in [0.3, 0.4) is 0 Å². The Morgan fingerprint density at radius 3 is 2.61 bits per heavy atom. The highest BCUT2D eigenvalue weighted by atomic mass is 32.2. The summed E-state index contributed by atoms with van der Waals surface area (Å²) in [4.78, 5) is 24.7. The molecule has 1 atom stereocenters. The molecule has 1 unspecified atom stereocenters. The van der Waals surface area contributed by atoms with Crippen LogP contribution in [-0.4, -0.2) is 48.0 Å². The number of thioether (sulfide) groups is 1. The van der Waals surface area contributed by atoms with Crippen molar-refractivity contribution < 1.29 is 14.3 Å².